The molecule has 0 aliphatic rings. The van der Waals surface area contributed by atoms with Crippen molar-refractivity contribution < 1.29 is 4.79 Å². The highest BCUT2D eigenvalue weighted by Crippen LogP contribution is 2.20. The zero-order valence-electron chi connectivity index (χ0n) is 14.1. The van der Waals surface area contributed by atoms with E-state index in [2.05, 4.69) is 30.9 Å². The van der Waals surface area contributed by atoms with Gasteiger partial charge in [-0.15, -0.1) is 0 Å². The Morgan fingerprint density at radius 3 is 2.56 bits per heavy atom. The Kier molecular flexibility index (Phi) is 6.40. The van der Waals surface area contributed by atoms with Gasteiger partial charge in [-0.05, 0) is 30.3 Å². The molecule has 0 fully saturated rings. The number of nitrogens with zero attached hydrogens (tertiary/aromatic N) is 3. The normalized spacial score (nSPS) is 10.3. The summed E-state index contributed by atoms with van der Waals surface area (Å²) in [7, 11) is 0. The molecule has 0 aliphatic heterocycles. The topological polar surface area (TPSA) is 91.8 Å². The molecule has 0 saturated carbocycles. The van der Waals surface area contributed by atoms with Crippen molar-refractivity contribution in [3.8, 4) is 0 Å². The van der Waals surface area contributed by atoms with E-state index >= 15 is 0 Å². The number of hydrogen-bond donors (Lipinski definition) is 3. The van der Waals surface area contributed by atoms with E-state index in [0.29, 0.717) is 46.2 Å². The summed E-state index contributed by atoms with van der Waals surface area (Å²) in [4.78, 5) is 24.6. The highest BCUT2D eigenvalue weighted by Gasteiger charge is 2.10. The number of halogens is 2. The molecule has 138 valence electrons. The maximum atomic E-state index is 12.1. The van der Waals surface area contributed by atoms with Crippen LogP contribution in [0.5, 0.6) is 0 Å². The van der Waals surface area contributed by atoms with Crippen molar-refractivity contribution in [3.63, 3.8) is 0 Å². The highest BCUT2D eigenvalue weighted by atomic mass is 35.5. The quantitative estimate of drug-likeness (QED) is 0.521. The van der Waals surface area contributed by atoms with Crippen LogP contribution in [0.4, 0.5) is 17.5 Å². The molecule has 1 amide bonds. The molecule has 0 radical (unpaired) electrons. The van der Waals surface area contributed by atoms with Gasteiger partial charge in [-0.3, -0.25) is 4.79 Å². The molecule has 2 heterocycles. The summed E-state index contributed by atoms with van der Waals surface area (Å²) in [5.41, 5.74) is 0.380. The molecule has 0 saturated heterocycles. The molecular formula is C18H16Cl2N6O. The van der Waals surface area contributed by atoms with Crippen molar-refractivity contribution in [2.45, 2.75) is 0 Å². The number of carbonyl (C=O) groups is 1. The minimum absolute atomic E-state index is 0.265. The molecule has 3 rings (SSSR count). The van der Waals surface area contributed by atoms with Gasteiger partial charge in [-0.25, -0.2) is 15.0 Å². The fourth-order valence-electron chi connectivity index (χ4n) is 2.23. The van der Waals surface area contributed by atoms with Crippen LogP contribution in [0.25, 0.3) is 0 Å². The third-order valence-electron chi connectivity index (χ3n) is 3.48. The van der Waals surface area contributed by atoms with Crippen LogP contribution in [0.1, 0.15) is 10.4 Å². The van der Waals surface area contributed by atoms with Crippen LogP contribution in [0.2, 0.25) is 10.0 Å². The van der Waals surface area contributed by atoms with Gasteiger partial charge in [-0.1, -0.05) is 29.3 Å². The molecule has 3 aromatic rings. The molecule has 7 nitrogen and oxygen atoms in total. The number of aromatic nitrogens is 3. The van der Waals surface area contributed by atoms with Crippen LogP contribution < -0.4 is 16.0 Å². The number of nitrogens with one attached hydrogen (secondary N) is 3. The molecule has 9 heteroatoms. The number of amides is 1. The smallest absolute Gasteiger partial charge is 0.252 e. The zero-order chi connectivity index (χ0) is 19.1. The zero-order valence-corrected chi connectivity index (χ0v) is 15.6. The second-order valence-electron chi connectivity index (χ2n) is 5.44. The summed E-state index contributed by atoms with van der Waals surface area (Å²) in [6, 6.07) is 12.1. The van der Waals surface area contributed by atoms with Gasteiger partial charge in [-0.2, -0.15) is 0 Å². The van der Waals surface area contributed by atoms with Crippen molar-refractivity contribution in [1.29, 1.82) is 0 Å². The average Bonchev–Trinajstić information content (AvgIpc) is 2.66. The molecule has 1 aromatic carbocycles. The first-order chi connectivity index (χ1) is 13.1. The van der Waals surface area contributed by atoms with Gasteiger partial charge in [0.2, 0.25) is 0 Å². The van der Waals surface area contributed by atoms with E-state index in [4.69, 9.17) is 23.2 Å². The molecule has 0 unspecified atom stereocenters. The molecular weight excluding hydrogens is 387 g/mol. The summed E-state index contributed by atoms with van der Waals surface area (Å²) in [6.45, 7) is 0.877. The molecule has 0 aliphatic carbocycles. The first-order valence-corrected chi connectivity index (χ1v) is 8.84. The summed E-state index contributed by atoms with van der Waals surface area (Å²) < 4.78 is 0. The Bertz CT molecular complexity index is 923. The fraction of sp³-hybridized carbons (Fsp3) is 0.111. The van der Waals surface area contributed by atoms with Crippen molar-refractivity contribution >= 4 is 46.6 Å². The van der Waals surface area contributed by atoms with E-state index in [0.717, 1.165) is 0 Å². The summed E-state index contributed by atoms with van der Waals surface area (Å²) in [5.74, 6) is 1.67. The minimum atomic E-state index is -0.265. The lowest BCUT2D eigenvalue weighted by Crippen LogP contribution is -2.29. The summed E-state index contributed by atoms with van der Waals surface area (Å²) in [6.07, 6.45) is 3.14. The van der Waals surface area contributed by atoms with Gasteiger partial charge in [0.15, 0.2) is 0 Å². The monoisotopic (exact) mass is 402 g/mol. The Morgan fingerprint density at radius 1 is 0.926 bits per heavy atom. The van der Waals surface area contributed by atoms with Gasteiger partial charge in [0, 0.05) is 30.4 Å². The van der Waals surface area contributed by atoms with E-state index in [-0.39, 0.29) is 5.91 Å². The van der Waals surface area contributed by atoms with Crippen LogP contribution in [0.15, 0.2) is 55.0 Å². The third-order valence-corrected chi connectivity index (χ3v) is 4.03. The molecule has 0 atom stereocenters. The molecule has 2 aromatic heterocycles. The number of hydrogen-bond acceptors (Lipinski definition) is 6. The number of pyridine rings is 1. The van der Waals surface area contributed by atoms with Crippen molar-refractivity contribution in [3.05, 3.63) is 70.6 Å². The van der Waals surface area contributed by atoms with Crippen LogP contribution in [0.3, 0.4) is 0 Å². The Balaban J connectivity index is 1.49. The van der Waals surface area contributed by atoms with Crippen LogP contribution in [0, 0.1) is 0 Å². The summed E-state index contributed by atoms with van der Waals surface area (Å²) >= 11 is 11.9. The molecule has 27 heavy (non-hydrogen) atoms. The lowest BCUT2D eigenvalue weighted by atomic mass is 10.2. The number of rotatable bonds is 7. The summed E-state index contributed by atoms with van der Waals surface area (Å²) in [5, 5.41) is 9.79. The van der Waals surface area contributed by atoms with Crippen LogP contribution in [-0.4, -0.2) is 33.9 Å². The second kappa shape index (κ2) is 9.16. The van der Waals surface area contributed by atoms with Crippen LogP contribution in [-0.2, 0) is 0 Å². The first-order valence-electron chi connectivity index (χ1n) is 8.09. The first kappa shape index (κ1) is 18.9. The van der Waals surface area contributed by atoms with Crippen LogP contribution >= 0.6 is 23.2 Å². The molecule has 3 N–H and O–H groups in total. The van der Waals surface area contributed by atoms with E-state index < -0.39 is 0 Å². The van der Waals surface area contributed by atoms with Gasteiger partial charge >= 0.3 is 0 Å². The van der Waals surface area contributed by atoms with E-state index in [9.17, 15) is 4.79 Å². The Hall–Kier alpha value is -2.90. The number of benzene rings is 1. The maximum absolute atomic E-state index is 12.1. The van der Waals surface area contributed by atoms with Gasteiger partial charge in [0.25, 0.3) is 5.91 Å². The average molecular weight is 403 g/mol. The van der Waals surface area contributed by atoms with Gasteiger partial charge in [0.1, 0.15) is 23.8 Å². The minimum Gasteiger partial charge on any atom is -0.368 e. The van der Waals surface area contributed by atoms with Crippen molar-refractivity contribution in [2.24, 2.45) is 0 Å². The molecule has 0 bridgehead atoms. The van der Waals surface area contributed by atoms with E-state index in [1.54, 1.807) is 24.4 Å². The Morgan fingerprint density at radius 2 is 1.78 bits per heavy atom. The lowest BCUT2D eigenvalue weighted by molar-refractivity contribution is 0.0955. The largest absolute Gasteiger partial charge is 0.368 e. The SMILES string of the molecule is O=C(NCCNc1cc(Nc2ccccn2)ncn1)c1ccc(Cl)cc1Cl. The highest BCUT2D eigenvalue weighted by molar-refractivity contribution is 6.36. The van der Waals surface area contributed by atoms with Gasteiger partial charge < -0.3 is 16.0 Å². The standard InChI is InChI=1S/C18H16Cl2N6O/c19-12-4-5-13(14(20)9-12)18(27)23-8-7-22-16-10-17(25-11-24-16)26-15-3-1-2-6-21-15/h1-6,9-11H,7-8H2,(H,23,27)(H2,21,22,24,25,26). The van der Waals surface area contributed by atoms with E-state index in [1.807, 2.05) is 18.2 Å². The van der Waals surface area contributed by atoms with Crippen molar-refractivity contribution in [1.82, 2.24) is 20.3 Å². The Labute approximate surface area is 166 Å². The fourth-order valence-corrected chi connectivity index (χ4v) is 2.72. The number of carbonyl (C=O) groups excluding carboxylic acids is 1. The predicted octanol–water partition coefficient (Wildman–Crippen LogP) is 3.76. The third kappa shape index (κ3) is 5.54. The van der Waals surface area contributed by atoms with Crippen molar-refractivity contribution in [2.75, 3.05) is 23.7 Å². The van der Waals surface area contributed by atoms with E-state index in [1.165, 1.54) is 12.4 Å². The number of anilines is 3. The second-order valence-corrected chi connectivity index (χ2v) is 6.28. The maximum Gasteiger partial charge on any atom is 0.252 e. The van der Waals surface area contributed by atoms with Gasteiger partial charge in [0.05, 0.1) is 10.6 Å². The predicted molar refractivity (Wildman–Crippen MR) is 107 cm³/mol. The molecule has 0 spiro atoms. The lowest BCUT2D eigenvalue weighted by Gasteiger charge is -2.10.